The molecule has 27 heavy (non-hydrogen) atoms. The highest BCUT2D eigenvalue weighted by Gasteiger charge is 2.31. The van der Waals surface area contributed by atoms with Crippen molar-refractivity contribution < 1.29 is 14.1 Å². The summed E-state index contributed by atoms with van der Waals surface area (Å²) in [6.45, 7) is 3.91. The van der Waals surface area contributed by atoms with Crippen LogP contribution in [0.25, 0.3) is 0 Å². The molecule has 0 N–H and O–H groups in total. The van der Waals surface area contributed by atoms with E-state index in [4.69, 9.17) is 9.26 Å². The number of aromatic nitrogens is 2. The summed E-state index contributed by atoms with van der Waals surface area (Å²) in [5.74, 6) is 2.90. The van der Waals surface area contributed by atoms with Crippen LogP contribution in [0.3, 0.4) is 0 Å². The number of piperidine rings is 1. The number of carbonyl (C=O) groups excluding carboxylic acids is 1. The molecule has 1 aliphatic heterocycles. The van der Waals surface area contributed by atoms with Crippen LogP contribution in [0.5, 0.6) is 5.75 Å². The van der Waals surface area contributed by atoms with Gasteiger partial charge in [0.1, 0.15) is 5.75 Å². The number of benzene rings is 1. The molecule has 1 aromatic heterocycles. The summed E-state index contributed by atoms with van der Waals surface area (Å²) in [6.07, 6.45) is 6.32. The van der Waals surface area contributed by atoms with Gasteiger partial charge in [0, 0.05) is 24.9 Å². The summed E-state index contributed by atoms with van der Waals surface area (Å²) in [6, 6.07) is 7.89. The maximum absolute atomic E-state index is 12.5. The highest BCUT2D eigenvalue weighted by molar-refractivity contribution is 5.79. The SMILES string of the molecule is Cc1ccc(OCc2nc(C3CCN(C(=O)C4CCCC4)CC3)no2)cc1. The van der Waals surface area contributed by atoms with Crippen LogP contribution in [0.1, 0.15) is 61.7 Å². The zero-order valence-electron chi connectivity index (χ0n) is 15.9. The number of carbonyl (C=O) groups is 1. The van der Waals surface area contributed by atoms with Crippen LogP contribution in [0, 0.1) is 12.8 Å². The minimum atomic E-state index is 0.259. The van der Waals surface area contributed by atoms with Gasteiger partial charge < -0.3 is 14.2 Å². The van der Waals surface area contributed by atoms with Gasteiger partial charge in [0.15, 0.2) is 12.4 Å². The van der Waals surface area contributed by atoms with Gasteiger partial charge in [-0.05, 0) is 44.7 Å². The Hall–Kier alpha value is -2.37. The molecule has 0 bridgehead atoms. The van der Waals surface area contributed by atoms with Crippen molar-refractivity contribution in [1.29, 1.82) is 0 Å². The molecule has 1 aromatic carbocycles. The number of likely N-dealkylation sites (tertiary alicyclic amines) is 1. The molecule has 6 nitrogen and oxygen atoms in total. The van der Waals surface area contributed by atoms with E-state index in [2.05, 4.69) is 10.1 Å². The summed E-state index contributed by atoms with van der Waals surface area (Å²) in [4.78, 5) is 19.1. The summed E-state index contributed by atoms with van der Waals surface area (Å²) in [5.41, 5.74) is 1.19. The van der Waals surface area contributed by atoms with E-state index in [0.717, 1.165) is 50.3 Å². The van der Waals surface area contributed by atoms with Crippen LogP contribution in [-0.4, -0.2) is 34.0 Å². The van der Waals surface area contributed by atoms with Gasteiger partial charge in [-0.15, -0.1) is 0 Å². The zero-order valence-corrected chi connectivity index (χ0v) is 15.9. The third-order valence-electron chi connectivity index (χ3n) is 5.74. The van der Waals surface area contributed by atoms with Gasteiger partial charge in [-0.2, -0.15) is 4.98 Å². The van der Waals surface area contributed by atoms with Crippen LogP contribution in [0.2, 0.25) is 0 Å². The fourth-order valence-electron chi connectivity index (χ4n) is 4.06. The van der Waals surface area contributed by atoms with Gasteiger partial charge in [-0.3, -0.25) is 4.79 Å². The van der Waals surface area contributed by atoms with Crippen molar-refractivity contribution >= 4 is 5.91 Å². The number of amides is 1. The normalized spacial score (nSPS) is 18.8. The first kappa shape index (κ1) is 18.0. The van der Waals surface area contributed by atoms with E-state index in [0.29, 0.717) is 11.8 Å². The lowest BCUT2D eigenvalue weighted by Crippen LogP contribution is -2.41. The van der Waals surface area contributed by atoms with Gasteiger partial charge in [0.25, 0.3) is 5.89 Å². The predicted molar refractivity (Wildman–Crippen MR) is 100 cm³/mol. The largest absolute Gasteiger partial charge is 0.484 e. The lowest BCUT2D eigenvalue weighted by molar-refractivity contribution is -0.136. The first-order chi connectivity index (χ1) is 13.2. The average Bonchev–Trinajstić information content (AvgIpc) is 3.39. The Morgan fingerprint density at radius 2 is 1.85 bits per heavy atom. The van der Waals surface area contributed by atoms with Gasteiger partial charge in [0.05, 0.1) is 0 Å². The highest BCUT2D eigenvalue weighted by Crippen LogP contribution is 2.31. The number of ether oxygens (including phenoxy) is 1. The molecule has 1 aliphatic carbocycles. The molecular weight excluding hydrogens is 342 g/mol. The lowest BCUT2D eigenvalue weighted by Gasteiger charge is -2.32. The minimum Gasteiger partial charge on any atom is -0.484 e. The van der Waals surface area contributed by atoms with Crippen LogP contribution < -0.4 is 4.74 Å². The van der Waals surface area contributed by atoms with Crippen LogP contribution in [0.4, 0.5) is 0 Å². The minimum absolute atomic E-state index is 0.259. The van der Waals surface area contributed by atoms with E-state index in [-0.39, 0.29) is 18.4 Å². The maximum Gasteiger partial charge on any atom is 0.264 e. The Bertz CT molecular complexity index is 757. The molecule has 2 aliphatic rings. The fourth-order valence-corrected chi connectivity index (χ4v) is 4.06. The number of rotatable bonds is 5. The molecule has 4 rings (SSSR count). The Kier molecular flexibility index (Phi) is 5.41. The van der Waals surface area contributed by atoms with Crippen molar-refractivity contribution in [3.8, 4) is 5.75 Å². The van der Waals surface area contributed by atoms with Gasteiger partial charge in [-0.25, -0.2) is 0 Å². The summed E-state index contributed by atoms with van der Waals surface area (Å²) in [5, 5.41) is 4.14. The van der Waals surface area contributed by atoms with Crippen molar-refractivity contribution in [3.05, 3.63) is 41.5 Å². The number of hydrogen-bond acceptors (Lipinski definition) is 5. The second-order valence-electron chi connectivity index (χ2n) is 7.73. The molecule has 6 heteroatoms. The molecule has 144 valence electrons. The predicted octanol–water partition coefficient (Wildman–Crippen LogP) is 3.85. The van der Waals surface area contributed by atoms with Gasteiger partial charge >= 0.3 is 0 Å². The number of hydrogen-bond donors (Lipinski definition) is 0. The zero-order chi connectivity index (χ0) is 18.6. The molecule has 0 atom stereocenters. The standard InChI is InChI=1S/C21H27N3O3/c1-15-6-8-18(9-7-15)26-14-19-22-20(23-27-19)16-10-12-24(13-11-16)21(25)17-4-2-3-5-17/h6-9,16-17H,2-5,10-14H2,1H3. The van der Waals surface area contributed by atoms with Crippen molar-refractivity contribution in [1.82, 2.24) is 15.0 Å². The summed E-state index contributed by atoms with van der Waals surface area (Å²) in [7, 11) is 0. The molecule has 0 spiro atoms. The number of nitrogens with zero attached hydrogens (tertiary/aromatic N) is 3. The highest BCUT2D eigenvalue weighted by atomic mass is 16.5. The molecule has 2 aromatic rings. The second-order valence-corrected chi connectivity index (χ2v) is 7.73. The molecule has 0 unspecified atom stereocenters. The average molecular weight is 369 g/mol. The molecule has 1 saturated heterocycles. The smallest absolute Gasteiger partial charge is 0.264 e. The van der Waals surface area contributed by atoms with E-state index >= 15 is 0 Å². The van der Waals surface area contributed by atoms with E-state index in [1.54, 1.807) is 0 Å². The van der Waals surface area contributed by atoms with E-state index in [1.165, 1.54) is 18.4 Å². The van der Waals surface area contributed by atoms with Crippen molar-refractivity contribution in [3.63, 3.8) is 0 Å². The molecule has 0 radical (unpaired) electrons. The Morgan fingerprint density at radius 3 is 2.56 bits per heavy atom. The first-order valence-electron chi connectivity index (χ1n) is 10.00. The topological polar surface area (TPSA) is 68.5 Å². The van der Waals surface area contributed by atoms with E-state index in [1.807, 2.05) is 36.1 Å². The van der Waals surface area contributed by atoms with E-state index < -0.39 is 0 Å². The van der Waals surface area contributed by atoms with Crippen LogP contribution in [0.15, 0.2) is 28.8 Å². The molecule has 1 amide bonds. The Morgan fingerprint density at radius 1 is 1.15 bits per heavy atom. The first-order valence-corrected chi connectivity index (χ1v) is 10.00. The van der Waals surface area contributed by atoms with Crippen molar-refractivity contribution in [2.24, 2.45) is 5.92 Å². The van der Waals surface area contributed by atoms with Crippen LogP contribution in [-0.2, 0) is 11.4 Å². The Balaban J connectivity index is 1.27. The Labute approximate surface area is 159 Å². The van der Waals surface area contributed by atoms with Crippen molar-refractivity contribution in [2.45, 2.75) is 58.0 Å². The van der Waals surface area contributed by atoms with Gasteiger partial charge in [0.2, 0.25) is 5.91 Å². The molecular formula is C21H27N3O3. The summed E-state index contributed by atoms with van der Waals surface area (Å²) >= 11 is 0. The monoisotopic (exact) mass is 369 g/mol. The molecule has 1 saturated carbocycles. The second kappa shape index (κ2) is 8.11. The number of aryl methyl sites for hydroxylation is 1. The van der Waals surface area contributed by atoms with Crippen LogP contribution >= 0.6 is 0 Å². The fraction of sp³-hybridized carbons (Fsp3) is 0.571. The maximum atomic E-state index is 12.5. The quantitative estimate of drug-likeness (QED) is 0.801. The van der Waals surface area contributed by atoms with Gasteiger partial charge in [-0.1, -0.05) is 35.7 Å². The third-order valence-corrected chi connectivity index (χ3v) is 5.74. The molecule has 2 heterocycles. The van der Waals surface area contributed by atoms with Crippen molar-refractivity contribution in [2.75, 3.05) is 13.1 Å². The lowest BCUT2D eigenvalue weighted by atomic mass is 9.95. The third kappa shape index (κ3) is 4.31. The summed E-state index contributed by atoms with van der Waals surface area (Å²) < 4.78 is 11.1. The van der Waals surface area contributed by atoms with E-state index in [9.17, 15) is 4.79 Å². The molecule has 2 fully saturated rings.